The summed E-state index contributed by atoms with van der Waals surface area (Å²) >= 11 is 0. The van der Waals surface area contributed by atoms with Gasteiger partial charge >= 0.3 is 12.1 Å². The largest absolute Gasteiger partial charge is 0.480 e. The van der Waals surface area contributed by atoms with Gasteiger partial charge in [0.1, 0.15) is 12.6 Å². The zero-order valence-corrected chi connectivity index (χ0v) is 21.0. The van der Waals surface area contributed by atoms with Crippen LogP contribution < -0.4 is 10.6 Å². The zero-order chi connectivity index (χ0) is 25.6. The van der Waals surface area contributed by atoms with E-state index in [0.29, 0.717) is 25.2 Å². The number of alkyl carbamates (subject to hydrolysis) is 1. The van der Waals surface area contributed by atoms with E-state index in [2.05, 4.69) is 34.9 Å². The van der Waals surface area contributed by atoms with Crippen molar-refractivity contribution in [3.05, 3.63) is 59.7 Å². The summed E-state index contributed by atoms with van der Waals surface area (Å²) in [6, 6.07) is 15.4. The number of amides is 2. The van der Waals surface area contributed by atoms with Crippen molar-refractivity contribution >= 4 is 18.0 Å². The van der Waals surface area contributed by atoms with Gasteiger partial charge in [0, 0.05) is 17.9 Å². The van der Waals surface area contributed by atoms with Gasteiger partial charge in [0.05, 0.1) is 0 Å². The van der Waals surface area contributed by atoms with E-state index in [1.54, 1.807) is 0 Å². The third kappa shape index (κ3) is 7.07. The van der Waals surface area contributed by atoms with Crippen molar-refractivity contribution < 1.29 is 24.2 Å². The van der Waals surface area contributed by atoms with Crippen molar-refractivity contribution in [2.24, 2.45) is 5.92 Å². The number of carboxylic acid groups (broad SMARTS) is 1. The summed E-state index contributed by atoms with van der Waals surface area (Å²) in [5, 5.41) is 14.8. The molecule has 2 aromatic rings. The summed E-state index contributed by atoms with van der Waals surface area (Å²) < 4.78 is 5.60. The first-order chi connectivity index (χ1) is 16.6. The molecule has 1 atom stereocenters. The number of ether oxygens (including phenoxy) is 1. The second-order valence-corrected chi connectivity index (χ2v) is 10.3. The van der Waals surface area contributed by atoms with E-state index in [9.17, 15) is 19.5 Å². The SMILES string of the molecule is CC(C)CCC(NC(=O)CCC(C)(C)NC(=O)OCC1c2ccccc2-c2ccccc21)C(=O)O. The van der Waals surface area contributed by atoms with E-state index in [1.165, 1.54) is 0 Å². The fourth-order valence-electron chi connectivity index (χ4n) is 4.42. The molecular weight excluding hydrogens is 444 g/mol. The predicted octanol–water partition coefficient (Wildman–Crippen LogP) is 5.09. The highest BCUT2D eigenvalue weighted by atomic mass is 16.5. The summed E-state index contributed by atoms with van der Waals surface area (Å²) in [7, 11) is 0. The van der Waals surface area contributed by atoms with Crippen LogP contribution >= 0.6 is 0 Å². The summed E-state index contributed by atoms with van der Waals surface area (Å²) in [4.78, 5) is 36.4. The first-order valence-electron chi connectivity index (χ1n) is 12.2. The van der Waals surface area contributed by atoms with Gasteiger partial charge in [0.2, 0.25) is 5.91 Å². The number of carboxylic acids is 1. The molecule has 2 aromatic carbocycles. The molecule has 3 rings (SSSR count). The molecule has 0 saturated heterocycles. The molecule has 0 saturated carbocycles. The Morgan fingerprint density at radius 2 is 1.54 bits per heavy atom. The third-order valence-corrected chi connectivity index (χ3v) is 6.43. The summed E-state index contributed by atoms with van der Waals surface area (Å²) in [6.07, 6.45) is 1.01. The zero-order valence-electron chi connectivity index (χ0n) is 21.0. The first-order valence-corrected chi connectivity index (χ1v) is 12.2. The molecule has 0 fully saturated rings. The molecule has 1 aliphatic carbocycles. The van der Waals surface area contributed by atoms with Gasteiger partial charge in [-0.3, -0.25) is 4.79 Å². The van der Waals surface area contributed by atoms with Gasteiger partial charge in [-0.1, -0.05) is 62.4 Å². The van der Waals surface area contributed by atoms with E-state index in [1.807, 2.05) is 52.0 Å². The van der Waals surface area contributed by atoms with Crippen molar-refractivity contribution in [3.8, 4) is 11.1 Å². The first kappa shape index (κ1) is 26.3. The number of benzene rings is 2. The lowest BCUT2D eigenvalue weighted by molar-refractivity contribution is -0.142. The normalized spacial score (nSPS) is 13.6. The molecule has 0 bridgehead atoms. The van der Waals surface area contributed by atoms with Gasteiger partial charge in [-0.05, 0) is 61.3 Å². The highest BCUT2D eigenvalue weighted by Crippen LogP contribution is 2.44. The Bertz CT molecular complexity index is 1020. The van der Waals surface area contributed by atoms with Crippen molar-refractivity contribution in [2.75, 3.05) is 6.61 Å². The summed E-state index contributed by atoms with van der Waals surface area (Å²) in [6.45, 7) is 7.87. The Hall–Kier alpha value is -3.35. The highest BCUT2D eigenvalue weighted by Gasteiger charge is 2.30. The van der Waals surface area contributed by atoms with Crippen LogP contribution in [0.4, 0.5) is 4.79 Å². The van der Waals surface area contributed by atoms with Crippen molar-refractivity contribution in [1.29, 1.82) is 0 Å². The van der Waals surface area contributed by atoms with Crippen molar-refractivity contribution in [2.45, 2.75) is 70.9 Å². The van der Waals surface area contributed by atoms with E-state index in [-0.39, 0.29) is 24.9 Å². The quantitative estimate of drug-likeness (QED) is 0.416. The van der Waals surface area contributed by atoms with Crippen LogP contribution in [0.3, 0.4) is 0 Å². The number of carbonyl (C=O) groups is 3. The van der Waals surface area contributed by atoms with Gasteiger partial charge in [0.15, 0.2) is 0 Å². The average Bonchev–Trinajstić information content (AvgIpc) is 3.12. The molecule has 35 heavy (non-hydrogen) atoms. The number of carbonyl (C=O) groups excluding carboxylic acids is 2. The molecular formula is C28H36N2O5. The number of aliphatic carboxylic acids is 1. The molecule has 0 radical (unpaired) electrons. The maximum absolute atomic E-state index is 12.6. The van der Waals surface area contributed by atoms with E-state index < -0.39 is 23.6 Å². The molecule has 7 nitrogen and oxygen atoms in total. The minimum atomic E-state index is -1.03. The Labute approximate surface area is 207 Å². The highest BCUT2D eigenvalue weighted by molar-refractivity contribution is 5.83. The van der Waals surface area contributed by atoms with Crippen LogP contribution in [0.25, 0.3) is 11.1 Å². The topological polar surface area (TPSA) is 105 Å². The summed E-state index contributed by atoms with van der Waals surface area (Å²) in [5.41, 5.74) is 3.91. The Morgan fingerprint density at radius 3 is 2.09 bits per heavy atom. The number of hydrogen-bond donors (Lipinski definition) is 3. The number of nitrogens with one attached hydrogen (secondary N) is 2. The molecule has 3 N–H and O–H groups in total. The van der Waals surface area contributed by atoms with Crippen LogP contribution in [0.5, 0.6) is 0 Å². The fourth-order valence-corrected chi connectivity index (χ4v) is 4.42. The number of rotatable bonds is 11. The average molecular weight is 481 g/mol. The Kier molecular flexibility index (Phi) is 8.54. The Morgan fingerprint density at radius 1 is 0.971 bits per heavy atom. The Balaban J connectivity index is 1.50. The lowest BCUT2D eigenvalue weighted by atomic mass is 9.97. The second kappa shape index (κ2) is 11.4. The standard InChI is InChI=1S/C28H36N2O5/c1-18(2)13-14-24(26(32)33)29-25(31)15-16-28(3,4)30-27(34)35-17-23-21-11-7-5-9-19(21)20-10-6-8-12-22(20)23/h5-12,18,23-24H,13-17H2,1-4H3,(H,29,31)(H,30,34)(H,32,33). The third-order valence-electron chi connectivity index (χ3n) is 6.43. The van der Waals surface area contributed by atoms with E-state index in [4.69, 9.17) is 4.74 Å². The van der Waals surface area contributed by atoms with Crippen molar-refractivity contribution in [1.82, 2.24) is 10.6 Å². The predicted molar refractivity (Wildman–Crippen MR) is 135 cm³/mol. The van der Waals surface area contributed by atoms with Gasteiger partial charge < -0.3 is 20.5 Å². The molecule has 0 heterocycles. The summed E-state index contributed by atoms with van der Waals surface area (Å²) in [5.74, 6) is -1.05. The molecule has 1 aliphatic rings. The van der Waals surface area contributed by atoms with Gasteiger partial charge in [-0.25, -0.2) is 9.59 Å². The molecule has 1 unspecified atom stereocenters. The maximum atomic E-state index is 12.6. The van der Waals surface area contributed by atoms with Crippen LogP contribution in [0.15, 0.2) is 48.5 Å². The van der Waals surface area contributed by atoms with Crippen LogP contribution in [0, 0.1) is 5.92 Å². The monoisotopic (exact) mass is 480 g/mol. The van der Waals surface area contributed by atoms with Gasteiger partial charge in [-0.15, -0.1) is 0 Å². The molecule has 0 aromatic heterocycles. The van der Waals surface area contributed by atoms with E-state index >= 15 is 0 Å². The van der Waals surface area contributed by atoms with Gasteiger partial charge in [0.25, 0.3) is 0 Å². The fraction of sp³-hybridized carbons (Fsp3) is 0.464. The molecule has 0 aliphatic heterocycles. The maximum Gasteiger partial charge on any atom is 0.407 e. The minimum Gasteiger partial charge on any atom is -0.480 e. The molecule has 2 amide bonds. The molecule has 0 spiro atoms. The van der Waals surface area contributed by atoms with Crippen LogP contribution in [0.2, 0.25) is 0 Å². The van der Waals surface area contributed by atoms with Crippen molar-refractivity contribution in [3.63, 3.8) is 0 Å². The van der Waals surface area contributed by atoms with E-state index in [0.717, 1.165) is 22.3 Å². The lowest BCUT2D eigenvalue weighted by Gasteiger charge is -2.26. The van der Waals surface area contributed by atoms with Crippen LogP contribution in [-0.4, -0.2) is 41.3 Å². The lowest BCUT2D eigenvalue weighted by Crippen LogP contribution is -2.46. The molecule has 7 heteroatoms. The van der Waals surface area contributed by atoms with Crippen LogP contribution in [-0.2, 0) is 14.3 Å². The minimum absolute atomic E-state index is 0.0270. The number of hydrogen-bond acceptors (Lipinski definition) is 4. The smallest absolute Gasteiger partial charge is 0.407 e. The second-order valence-electron chi connectivity index (χ2n) is 10.3. The molecule has 188 valence electrons. The van der Waals surface area contributed by atoms with Crippen LogP contribution in [0.1, 0.15) is 70.4 Å². The number of fused-ring (bicyclic) bond motifs is 3. The van der Waals surface area contributed by atoms with Gasteiger partial charge in [-0.2, -0.15) is 0 Å².